The minimum Gasteiger partial charge on any atom is -0.354 e. The second-order valence-corrected chi connectivity index (χ2v) is 6.47. The number of nitrogens with zero attached hydrogens (tertiary/aromatic N) is 5. The quantitative estimate of drug-likeness (QED) is 0.729. The Balaban J connectivity index is 1.46. The Kier molecular flexibility index (Phi) is 4.19. The summed E-state index contributed by atoms with van der Waals surface area (Å²) >= 11 is 0. The molecule has 4 rings (SSSR count). The molecule has 0 N–H and O–H groups in total. The summed E-state index contributed by atoms with van der Waals surface area (Å²) in [6.07, 6.45) is 3.66. The number of aromatic nitrogens is 3. The molecule has 0 bridgehead atoms. The van der Waals surface area contributed by atoms with E-state index in [2.05, 4.69) is 19.8 Å². The predicted molar refractivity (Wildman–Crippen MR) is 97.9 cm³/mol. The van der Waals surface area contributed by atoms with Crippen LogP contribution < -0.4 is 10.5 Å². The van der Waals surface area contributed by atoms with Gasteiger partial charge in [-0.1, -0.05) is 12.1 Å². The largest absolute Gasteiger partial charge is 0.354 e. The fraction of sp³-hybridized carbons (Fsp3) is 0.316. The van der Waals surface area contributed by atoms with Crippen molar-refractivity contribution in [3.63, 3.8) is 0 Å². The van der Waals surface area contributed by atoms with Gasteiger partial charge in [0, 0.05) is 51.2 Å². The van der Waals surface area contributed by atoms with Gasteiger partial charge in [-0.15, -0.1) is 0 Å². The Labute approximate surface area is 146 Å². The number of aryl methyl sites for hydroxylation is 1. The number of anilines is 1. The van der Waals surface area contributed by atoms with Crippen LogP contribution in [0.3, 0.4) is 0 Å². The molecule has 0 spiro atoms. The van der Waals surface area contributed by atoms with Crippen molar-refractivity contribution >= 4 is 11.5 Å². The molecule has 4 heterocycles. The first-order valence-corrected chi connectivity index (χ1v) is 8.56. The molecule has 0 aromatic carbocycles. The molecule has 6 nitrogen and oxygen atoms in total. The smallest absolute Gasteiger partial charge is 0.258 e. The van der Waals surface area contributed by atoms with Crippen molar-refractivity contribution in [2.45, 2.75) is 13.5 Å². The molecule has 0 radical (unpaired) electrons. The zero-order valence-electron chi connectivity index (χ0n) is 14.3. The van der Waals surface area contributed by atoms with Gasteiger partial charge in [-0.05, 0) is 30.7 Å². The van der Waals surface area contributed by atoms with E-state index >= 15 is 0 Å². The highest BCUT2D eigenvalue weighted by Crippen LogP contribution is 2.14. The van der Waals surface area contributed by atoms with Crippen LogP contribution >= 0.6 is 0 Å². The van der Waals surface area contributed by atoms with E-state index in [0.29, 0.717) is 12.2 Å². The average Bonchev–Trinajstić information content (AvgIpc) is 2.64. The summed E-state index contributed by atoms with van der Waals surface area (Å²) in [7, 11) is 0. The predicted octanol–water partition coefficient (Wildman–Crippen LogP) is 1.72. The normalized spacial score (nSPS) is 15.6. The van der Waals surface area contributed by atoms with Crippen molar-refractivity contribution in [1.82, 2.24) is 19.3 Å². The highest BCUT2D eigenvalue weighted by Gasteiger charge is 2.18. The topological polar surface area (TPSA) is 53.7 Å². The van der Waals surface area contributed by atoms with E-state index in [4.69, 9.17) is 0 Å². The van der Waals surface area contributed by atoms with E-state index in [1.54, 1.807) is 10.5 Å². The Hall–Kier alpha value is -2.73. The molecule has 6 heteroatoms. The van der Waals surface area contributed by atoms with Crippen molar-refractivity contribution in [2.75, 3.05) is 31.1 Å². The molecule has 25 heavy (non-hydrogen) atoms. The van der Waals surface area contributed by atoms with E-state index in [9.17, 15) is 4.79 Å². The first-order valence-electron chi connectivity index (χ1n) is 8.56. The lowest BCUT2D eigenvalue weighted by atomic mass is 10.2. The monoisotopic (exact) mass is 335 g/mol. The summed E-state index contributed by atoms with van der Waals surface area (Å²) in [6, 6.07) is 11.5. The van der Waals surface area contributed by atoms with Crippen LogP contribution in [0.25, 0.3) is 5.65 Å². The Bertz CT molecular complexity index is 929. The van der Waals surface area contributed by atoms with Crippen molar-refractivity contribution in [3.8, 4) is 0 Å². The van der Waals surface area contributed by atoms with Gasteiger partial charge in [-0.3, -0.25) is 14.1 Å². The third kappa shape index (κ3) is 3.39. The van der Waals surface area contributed by atoms with Gasteiger partial charge in [0.15, 0.2) is 0 Å². The number of pyridine rings is 2. The van der Waals surface area contributed by atoms with E-state index in [1.807, 2.05) is 49.6 Å². The molecule has 1 aliphatic rings. The maximum absolute atomic E-state index is 12.3. The van der Waals surface area contributed by atoms with Gasteiger partial charge < -0.3 is 4.90 Å². The summed E-state index contributed by atoms with van der Waals surface area (Å²) < 4.78 is 1.61. The van der Waals surface area contributed by atoms with Gasteiger partial charge in [-0.2, -0.15) is 0 Å². The Morgan fingerprint density at radius 1 is 1.08 bits per heavy atom. The van der Waals surface area contributed by atoms with Crippen LogP contribution in [0, 0.1) is 6.92 Å². The standard InChI is InChI=1S/C19H21N5O/c1-15-5-6-18-21-16(12-19(25)24(18)13-15)14-22-8-10-23(11-9-22)17-4-2-3-7-20-17/h2-7,12-13H,8-11,14H2,1H3. The average molecular weight is 335 g/mol. The third-order valence-electron chi connectivity index (χ3n) is 4.59. The van der Waals surface area contributed by atoms with Gasteiger partial charge in [0.25, 0.3) is 5.56 Å². The van der Waals surface area contributed by atoms with Crippen molar-refractivity contribution in [2.24, 2.45) is 0 Å². The first kappa shape index (κ1) is 15.8. The number of rotatable bonds is 3. The second kappa shape index (κ2) is 6.64. The molecule has 0 amide bonds. The third-order valence-corrected chi connectivity index (χ3v) is 4.59. The van der Waals surface area contributed by atoms with Crippen LogP contribution in [0.15, 0.2) is 53.6 Å². The molecular formula is C19H21N5O. The lowest BCUT2D eigenvalue weighted by Gasteiger charge is -2.35. The summed E-state index contributed by atoms with van der Waals surface area (Å²) in [6.45, 7) is 6.42. The summed E-state index contributed by atoms with van der Waals surface area (Å²) in [5, 5.41) is 0. The molecule has 0 saturated carbocycles. The van der Waals surface area contributed by atoms with Crippen molar-refractivity contribution < 1.29 is 0 Å². The molecule has 3 aromatic heterocycles. The summed E-state index contributed by atoms with van der Waals surface area (Å²) in [4.78, 5) is 26.0. The van der Waals surface area contributed by atoms with Gasteiger partial charge >= 0.3 is 0 Å². The fourth-order valence-electron chi connectivity index (χ4n) is 3.24. The van der Waals surface area contributed by atoms with Gasteiger partial charge in [0.05, 0.1) is 5.69 Å². The molecule has 128 valence electrons. The van der Waals surface area contributed by atoms with Crippen molar-refractivity contribution in [3.05, 3.63) is 70.4 Å². The Morgan fingerprint density at radius 2 is 1.92 bits per heavy atom. The molecule has 1 fully saturated rings. The Morgan fingerprint density at radius 3 is 2.68 bits per heavy atom. The van der Waals surface area contributed by atoms with Crippen LogP contribution in [0.2, 0.25) is 0 Å². The zero-order chi connectivity index (χ0) is 17.2. The van der Waals surface area contributed by atoms with Crippen LogP contribution in [0.1, 0.15) is 11.3 Å². The highest BCUT2D eigenvalue weighted by atomic mass is 16.1. The SMILES string of the molecule is Cc1ccc2nc(CN3CCN(c4ccccn4)CC3)cc(=O)n2c1. The van der Waals surface area contributed by atoms with Crippen LogP contribution in [-0.2, 0) is 6.54 Å². The van der Waals surface area contributed by atoms with Crippen LogP contribution in [0.5, 0.6) is 0 Å². The fourth-order valence-corrected chi connectivity index (χ4v) is 3.24. The molecule has 1 saturated heterocycles. The lowest BCUT2D eigenvalue weighted by molar-refractivity contribution is 0.246. The van der Waals surface area contributed by atoms with Crippen LogP contribution in [-0.4, -0.2) is 45.4 Å². The number of hydrogen-bond donors (Lipinski definition) is 0. The molecule has 0 aliphatic carbocycles. The number of piperazine rings is 1. The molecule has 1 aliphatic heterocycles. The minimum absolute atomic E-state index is 0.0178. The molecule has 0 unspecified atom stereocenters. The highest BCUT2D eigenvalue weighted by molar-refractivity contribution is 5.40. The zero-order valence-corrected chi connectivity index (χ0v) is 14.3. The summed E-state index contributed by atoms with van der Waals surface area (Å²) in [5.41, 5.74) is 2.57. The lowest BCUT2D eigenvalue weighted by Crippen LogP contribution is -2.46. The number of fused-ring (bicyclic) bond motifs is 1. The van der Waals surface area contributed by atoms with Gasteiger partial charge in [0.1, 0.15) is 11.5 Å². The number of hydrogen-bond acceptors (Lipinski definition) is 5. The van der Waals surface area contributed by atoms with E-state index in [0.717, 1.165) is 43.3 Å². The molecule has 3 aromatic rings. The van der Waals surface area contributed by atoms with Gasteiger partial charge in [-0.25, -0.2) is 9.97 Å². The maximum Gasteiger partial charge on any atom is 0.258 e. The van der Waals surface area contributed by atoms with Crippen LogP contribution in [0.4, 0.5) is 5.82 Å². The van der Waals surface area contributed by atoms with Gasteiger partial charge in [0.2, 0.25) is 0 Å². The maximum atomic E-state index is 12.3. The molecule has 0 atom stereocenters. The van der Waals surface area contributed by atoms with E-state index < -0.39 is 0 Å². The summed E-state index contributed by atoms with van der Waals surface area (Å²) in [5.74, 6) is 1.03. The van der Waals surface area contributed by atoms with Crippen molar-refractivity contribution in [1.29, 1.82) is 0 Å². The first-order chi connectivity index (χ1) is 12.2. The minimum atomic E-state index is -0.0178. The van der Waals surface area contributed by atoms with E-state index in [1.165, 1.54) is 0 Å². The van der Waals surface area contributed by atoms with E-state index in [-0.39, 0.29) is 5.56 Å². The molecular weight excluding hydrogens is 314 g/mol. The second-order valence-electron chi connectivity index (χ2n) is 6.47.